The molecule has 1 unspecified atom stereocenters. The van der Waals surface area contributed by atoms with Gasteiger partial charge in [0, 0.05) is 30.8 Å². The molecule has 33 heavy (non-hydrogen) atoms. The fraction of sp³-hybridized carbons (Fsp3) is 0.414. The summed E-state index contributed by atoms with van der Waals surface area (Å²) in [6.07, 6.45) is 14.5. The zero-order valence-electron chi connectivity index (χ0n) is 19.8. The summed E-state index contributed by atoms with van der Waals surface area (Å²) in [5.74, 6) is 1.81. The molecule has 0 spiro atoms. The molecular formula is C29H36N2O2. The van der Waals surface area contributed by atoms with Gasteiger partial charge in [-0.05, 0) is 86.5 Å². The molecule has 1 heterocycles. The van der Waals surface area contributed by atoms with Crippen LogP contribution in [0.25, 0.3) is 0 Å². The first-order valence-corrected chi connectivity index (χ1v) is 12.3. The number of carbonyl (C=O) groups is 1. The van der Waals surface area contributed by atoms with Crippen molar-refractivity contribution in [3.63, 3.8) is 0 Å². The van der Waals surface area contributed by atoms with Crippen LogP contribution in [-0.4, -0.2) is 39.1 Å². The van der Waals surface area contributed by atoms with Gasteiger partial charge >= 0.3 is 0 Å². The summed E-state index contributed by atoms with van der Waals surface area (Å²) >= 11 is 0. The average molecular weight is 445 g/mol. The van der Waals surface area contributed by atoms with Gasteiger partial charge in [0.15, 0.2) is 5.78 Å². The number of anilines is 1. The van der Waals surface area contributed by atoms with Gasteiger partial charge in [0.25, 0.3) is 0 Å². The summed E-state index contributed by atoms with van der Waals surface area (Å²) in [7, 11) is 1.72. The van der Waals surface area contributed by atoms with Gasteiger partial charge in [-0.1, -0.05) is 42.5 Å². The lowest BCUT2D eigenvalue weighted by molar-refractivity contribution is 0.0979. The fourth-order valence-corrected chi connectivity index (χ4v) is 4.82. The van der Waals surface area contributed by atoms with E-state index in [1.54, 1.807) is 7.11 Å². The van der Waals surface area contributed by atoms with Crippen molar-refractivity contribution in [2.24, 2.45) is 5.92 Å². The number of benzene rings is 2. The summed E-state index contributed by atoms with van der Waals surface area (Å²) in [6, 6.07) is 14.5. The molecule has 2 aromatic carbocycles. The number of para-hydroxylation sites is 1. The van der Waals surface area contributed by atoms with Gasteiger partial charge in [-0.3, -0.25) is 4.79 Å². The monoisotopic (exact) mass is 444 g/mol. The predicted octanol–water partition coefficient (Wildman–Crippen LogP) is 5.38. The summed E-state index contributed by atoms with van der Waals surface area (Å²) in [5.41, 5.74) is 4.74. The van der Waals surface area contributed by atoms with Crippen molar-refractivity contribution < 1.29 is 9.53 Å². The Morgan fingerprint density at radius 2 is 2.03 bits per heavy atom. The van der Waals surface area contributed by atoms with Gasteiger partial charge in [-0.25, -0.2) is 0 Å². The minimum atomic E-state index is 0.269. The van der Waals surface area contributed by atoms with Crippen LogP contribution in [0.2, 0.25) is 0 Å². The number of allylic oxidation sites excluding steroid dienone is 3. The first-order chi connectivity index (χ1) is 16.2. The number of unbranched alkanes of at least 4 members (excludes halogenated alkanes) is 1. The van der Waals surface area contributed by atoms with E-state index in [2.05, 4.69) is 52.7 Å². The Balaban J connectivity index is 1.16. The van der Waals surface area contributed by atoms with E-state index in [0.29, 0.717) is 12.3 Å². The molecule has 4 rings (SSSR count). The van der Waals surface area contributed by atoms with Crippen LogP contribution in [0, 0.1) is 5.92 Å². The minimum Gasteiger partial charge on any atom is -0.496 e. The first-order valence-electron chi connectivity index (χ1n) is 12.3. The van der Waals surface area contributed by atoms with Crippen molar-refractivity contribution >= 4 is 11.5 Å². The maximum atomic E-state index is 12.7. The smallest absolute Gasteiger partial charge is 0.162 e. The number of hydrogen-bond donors (Lipinski definition) is 1. The summed E-state index contributed by atoms with van der Waals surface area (Å²) < 4.78 is 5.40. The van der Waals surface area contributed by atoms with Crippen LogP contribution in [0.1, 0.15) is 47.2 Å². The van der Waals surface area contributed by atoms with Crippen LogP contribution in [-0.2, 0) is 12.8 Å². The summed E-state index contributed by atoms with van der Waals surface area (Å²) in [6.45, 7) is 3.97. The van der Waals surface area contributed by atoms with Crippen LogP contribution in [0.5, 0.6) is 5.75 Å². The maximum Gasteiger partial charge on any atom is 0.162 e. The van der Waals surface area contributed by atoms with Crippen molar-refractivity contribution in [3.8, 4) is 5.75 Å². The van der Waals surface area contributed by atoms with Crippen LogP contribution >= 0.6 is 0 Å². The minimum absolute atomic E-state index is 0.269. The van der Waals surface area contributed by atoms with Gasteiger partial charge in [-0.15, -0.1) is 0 Å². The zero-order chi connectivity index (χ0) is 22.9. The highest BCUT2D eigenvalue weighted by atomic mass is 16.5. The maximum absolute atomic E-state index is 12.7. The Hall–Kier alpha value is -2.85. The van der Waals surface area contributed by atoms with Crippen molar-refractivity contribution in [2.45, 2.75) is 38.5 Å². The molecule has 1 aliphatic carbocycles. The van der Waals surface area contributed by atoms with Crippen molar-refractivity contribution in [1.29, 1.82) is 0 Å². The van der Waals surface area contributed by atoms with Gasteiger partial charge in [0.2, 0.25) is 0 Å². The summed E-state index contributed by atoms with van der Waals surface area (Å²) in [4.78, 5) is 15.2. The van der Waals surface area contributed by atoms with E-state index in [4.69, 9.17) is 4.74 Å². The molecular weight excluding hydrogens is 408 g/mol. The second-order valence-electron chi connectivity index (χ2n) is 9.04. The SMILES string of the molecule is COc1ccccc1CCNCCCCC(=O)c1ccc2c(c1)CCN2CC1C=CC=CC1. The van der Waals surface area contributed by atoms with Crippen LogP contribution in [0.3, 0.4) is 0 Å². The molecule has 0 saturated carbocycles. The molecule has 0 fully saturated rings. The molecule has 1 aliphatic heterocycles. The van der Waals surface area contributed by atoms with Gasteiger partial charge in [0.05, 0.1) is 7.11 Å². The highest BCUT2D eigenvalue weighted by molar-refractivity contribution is 5.96. The largest absolute Gasteiger partial charge is 0.496 e. The third-order valence-electron chi connectivity index (χ3n) is 6.69. The van der Waals surface area contributed by atoms with E-state index in [0.717, 1.165) is 69.6 Å². The van der Waals surface area contributed by atoms with E-state index in [9.17, 15) is 4.79 Å². The first kappa shape index (κ1) is 23.3. The average Bonchev–Trinajstić information content (AvgIpc) is 3.26. The zero-order valence-corrected chi connectivity index (χ0v) is 19.8. The molecule has 0 amide bonds. The van der Waals surface area contributed by atoms with Crippen molar-refractivity contribution in [2.75, 3.05) is 38.2 Å². The Kier molecular flexibility index (Phi) is 8.37. The Bertz CT molecular complexity index is 995. The van der Waals surface area contributed by atoms with Crippen LogP contribution in [0.15, 0.2) is 66.8 Å². The number of hydrogen-bond acceptors (Lipinski definition) is 4. The lowest BCUT2D eigenvalue weighted by Gasteiger charge is -2.24. The highest BCUT2D eigenvalue weighted by Gasteiger charge is 2.22. The van der Waals surface area contributed by atoms with Gasteiger partial charge in [-0.2, -0.15) is 0 Å². The Morgan fingerprint density at radius 3 is 2.88 bits per heavy atom. The number of carbonyl (C=O) groups excluding carboxylic acids is 1. The third-order valence-corrected chi connectivity index (χ3v) is 6.69. The molecule has 2 aromatic rings. The predicted molar refractivity (Wildman–Crippen MR) is 136 cm³/mol. The number of rotatable bonds is 12. The summed E-state index contributed by atoms with van der Waals surface area (Å²) in [5, 5.41) is 3.49. The van der Waals surface area contributed by atoms with Crippen LogP contribution in [0.4, 0.5) is 5.69 Å². The molecule has 174 valence electrons. The topological polar surface area (TPSA) is 41.6 Å². The Morgan fingerprint density at radius 1 is 1.12 bits per heavy atom. The molecule has 0 saturated heterocycles. The van der Waals surface area contributed by atoms with Crippen molar-refractivity contribution in [1.82, 2.24) is 5.32 Å². The number of ether oxygens (including phenoxy) is 1. The molecule has 0 aromatic heterocycles. The number of nitrogens with zero attached hydrogens (tertiary/aromatic N) is 1. The van der Waals surface area contributed by atoms with Gasteiger partial charge in [0.1, 0.15) is 5.75 Å². The molecule has 4 nitrogen and oxygen atoms in total. The quantitative estimate of drug-likeness (QED) is 0.353. The Labute approximate surface area is 198 Å². The molecule has 0 bridgehead atoms. The number of ketones is 1. The molecule has 2 aliphatic rings. The molecule has 4 heteroatoms. The lowest BCUT2D eigenvalue weighted by Crippen LogP contribution is -2.27. The highest BCUT2D eigenvalue weighted by Crippen LogP contribution is 2.31. The number of fused-ring (bicyclic) bond motifs is 1. The second-order valence-corrected chi connectivity index (χ2v) is 9.04. The number of nitrogens with one attached hydrogen (secondary N) is 1. The standard InChI is InChI=1S/C29H36N2O2/c1-33-29-13-6-5-11-24(29)16-19-30-18-8-7-12-28(32)26-14-15-27-25(21-26)17-20-31(27)22-23-9-3-2-4-10-23/h2-6,9,11,13-15,21,23,30H,7-8,10,12,16-20,22H2,1H3. The van der Waals surface area contributed by atoms with E-state index in [1.165, 1.54) is 16.8 Å². The van der Waals surface area contributed by atoms with E-state index in [1.807, 2.05) is 24.3 Å². The second kappa shape index (κ2) is 11.9. The molecule has 1 N–H and O–H groups in total. The molecule has 0 radical (unpaired) electrons. The normalized spacial score (nSPS) is 16.8. The lowest BCUT2D eigenvalue weighted by atomic mass is 10.00. The van der Waals surface area contributed by atoms with Crippen molar-refractivity contribution in [3.05, 3.63) is 83.5 Å². The molecule has 1 atom stereocenters. The van der Waals surface area contributed by atoms with Crippen LogP contribution < -0.4 is 15.0 Å². The number of methoxy groups -OCH3 is 1. The van der Waals surface area contributed by atoms with E-state index >= 15 is 0 Å². The third kappa shape index (κ3) is 6.35. The van der Waals surface area contributed by atoms with Gasteiger partial charge < -0.3 is 15.0 Å². The number of Topliss-reactive ketones (excluding diaryl/α,β-unsaturated/α-hetero) is 1. The van der Waals surface area contributed by atoms with E-state index in [-0.39, 0.29) is 5.78 Å². The fourth-order valence-electron chi connectivity index (χ4n) is 4.82. The van der Waals surface area contributed by atoms with E-state index < -0.39 is 0 Å².